The van der Waals surface area contributed by atoms with Crippen LogP contribution in [0.4, 0.5) is 5.69 Å². The first-order valence-corrected chi connectivity index (χ1v) is 5.96. The van der Waals surface area contributed by atoms with E-state index in [1.54, 1.807) is 20.2 Å². The van der Waals surface area contributed by atoms with Crippen molar-refractivity contribution in [2.45, 2.75) is 13.3 Å². The predicted molar refractivity (Wildman–Crippen MR) is 67.1 cm³/mol. The third-order valence-electron chi connectivity index (χ3n) is 2.21. The number of carbonyl (C=O) groups excluding carboxylic acids is 2. The summed E-state index contributed by atoms with van der Waals surface area (Å²) in [5.41, 5.74) is 6.23. The van der Waals surface area contributed by atoms with Crippen molar-refractivity contribution in [3.8, 4) is 0 Å². The van der Waals surface area contributed by atoms with Gasteiger partial charge in [-0.05, 0) is 13.0 Å². The van der Waals surface area contributed by atoms with Crippen molar-refractivity contribution in [3.05, 3.63) is 15.8 Å². The van der Waals surface area contributed by atoms with Crippen LogP contribution in [0, 0.1) is 6.92 Å². The molecule has 0 unspecified atom stereocenters. The van der Waals surface area contributed by atoms with Gasteiger partial charge in [0.15, 0.2) is 0 Å². The number of aryl methyl sites for hydroxylation is 1. The van der Waals surface area contributed by atoms with Crippen LogP contribution in [0.1, 0.15) is 21.0 Å². The first-order chi connectivity index (χ1) is 7.91. The highest BCUT2D eigenvalue weighted by Gasteiger charge is 2.13. The third kappa shape index (κ3) is 3.74. The highest BCUT2D eigenvalue weighted by Crippen LogP contribution is 2.23. The smallest absolute Gasteiger partial charge is 0.348 e. The van der Waals surface area contributed by atoms with E-state index >= 15 is 0 Å². The Hall–Kier alpha value is -1.56. The Kier molecular flexibility index (Phi) is 4.51. The average Bonchev–Trinajstić information content (AvgIpc) is 2.59. The standard InChI is InChI=1S/C11H16N2O3S/c1-7-8(12)6-9(17-7)11(15)16-5-4-10(14)13(2)3/h6H,4-5,12H2,1-3H3. The van der Waals surface area contributed by atoms with Crippen LogP contribution < -0.4 is 5.73 Å². The van der Waals surface area contributed by atoms with E-state index in [1.165, 1.54) is 16.2 Å². The fourth-order valence-corrected chi connectivity index (χ4v) is 1.96. The molecule has 0 atom stereocenters. The molecule has 5 nitrogen and oxygen atoms in total. The number of nitrogens with zero attached hydrogens (tertiary/aromatic N) is 1. The van der Waals surface area contributed by atoms with Gasteiger partial charge in [-0.2, -0.15) is 0 Å². The van der Waals surface area contributed by atoms with Crippen LogP contribution in [0.3, 0.4) is 0 Å². The van der Waals surface area contributed by atoms with Crippen LogP contribution in [0.15, 0.2) is 6.07 Å². The Morgan fingerprint density at radius 3 is 2.59 bits per heavy atom. The third-order valence-corrected chi connectivity index (χ3v) is 3.25. The average molecular weight is 256 g/mol. The molecule has 1 rings (SSSR count). The first-order valence-electron chi connectivity index (χ1n) is 5.15. The molecule has 94 valence electrons. The molecule has 1 heterocycles. The Labute approximate surface area is 104 Å². The van der Waals surface area contributed by atoms with Crippen molar-refractivity contribution in [2.24, 2.45) is 0 Å². The molecule has 2 N–H and O–H groups in total. The monoisotopic (exact) mass is 256 g/mol. The van der Waals surface area contributed by atoms with Crippen molar-refractivity contribution in [1.82, 2.24) is 4.90 Å². The summed E-state index contributed by atoms with van der Waals surface area (Å²) in [7, 11) is 3.32. The van der Waals surface area contributed by atoms with Crippen molar-refractivity contribution < 1.29 is 14.3 Å². The largest absolute Gasteiger partial charge is 0.461 e. The zero-order chi connectivity index (χ0) is 13.0. The number of rotatable bonds is 4. The zero-order valence-corrected chi connectivity index (χ0v) is 11.0. The van der Waals surface area contributed by atoms with Gasteiger partial charge >= 0.3 is 5.97 Å². The summed E-state index contributed by atoms with van der Waals surface area (Å²) in [5, 5.41) is 0. The Morgan fingerprint density at radius 2 is 2.12 bits per heavy atom. The second kappa shape index (κ2) is 5.67. The summed E-state index contributed by atoms with van der Waals surface area (Å²) in [4.78, 5) is 25.6. The fourth-order valence-electron chi connectivity index (χ4n) is 1.12. The predicted octanol–water partition coefficient (Wildman–Crippen LogP) is 1.27. The number of esters is 1. The van der Waals surface area contributed by atoms with Gasteiger partial charge in [-0.15, -0.1) is 11.3 Å². The Balaban J connectivity index is 2.43. The van der Waals surface area contributed by atoms with Crippen LogP contribution in [0.5, 0.6) is 0 Å². The molecule has 1 amide bonds. The van der Waals surface area contributed by atoms with Crippen molar-refractivity contribution >= 4 is 28.9 Å². The number of nitrogen functional groups attached to an aromatic ring is 1. The van der Waals surface area contributed by atoms with Gasteiger partial charge in [0.2, 0.25) is 5.91 Å². The topological polar surface area (TPSA) is 72.6 Å². The maximum atomic E-state index is 11.6. The molecule has 0 aromatic carbocycles. The SMILES string of the molecule is Cc1sc(C(=O)OCCC(=O)N(C)C)cc1N. The normalized spacial score (nSPS) is 10.1. The number of thiophene rings is 1. The van der Waals surface area contributed by atoms with Crippen LogP contribution in [0.25, 0.3) is 0 Å². The van der Waals surface area contributed by atoms with Gasteiger partial charge < -0.3 is 15.4 Å². The molecule has 0 aliphatic heterocycles. The molecule has 1 aromatic heterocycles. The molecule has 17 heavy (non-hydrogen) atoms. The van der Waals surface area contributed by atoms with E-state index in [9.17, 15) is 9.59 Å². The van der Waals surface area contributed by atoms with Crippen molar-refractivity contribution in [2.75, 3.05) is 26.4 Å². The number of carbonyl (C=O) groups is 2. The molecule has 6 heteroatoms. The van der Waals surface area contributed by atoms with Gasteiger partial charge in [-0.1, -0.05) is 0 Å². The molecule has 0 aliphatic rings. The van der Waals surface area contributed by atoms with E-state index in [2.05, 4.69) is 0 Å². The van der Waals surface area contributed by atoms with Gasteiger partial charge in [0.25, 0.3) is 0 Å². The summed E-state index contributed by atoms with van der Waals surface area (Å²) < 4.78 is 4.99. The number of hydrogen-bond donors (Lipinski definition) is 1. The van der Waals surface area contributed by atoms with Gasteiger partial charge in [0, 0.05) is 24.7 Å². The van der Waals surface area contributed by atoms with E-state index in [-0.39, 0.29) is 18.9 Å². The lowest BCUT2D eigenvalue weighted by atomic mass is 10.4. The lowest BCUT2D eigenvalue weighted by Crippen LogP contribution is -2.23. The number of ether oxygens (including phenoxy) is 1. The van der Waals surface area contributed by atoms with Gasteiger partial charge in [0.1, 0.15) is 11.5 Å². The summed E-state index contributed by atoms with van der Waals surface area (Å²) >= 11 is 1.29. The van der Waals surface area contributed by atoms with Crippen molar-refractivity contribution in [1.29, 1.82) is 0 Å². The van der Waals surface area contributed by atoms with E-state index < -0.39 is 5.97 Å². The maximum Gasteiger partial charge on any atom is 0.348 e. The second-order valence-corrected chi connectivity index (χ2v) is 5.05. The maximum absolute atomic E-state index is 11.6. The molecule has 0 saturated carbocycles. The van der Waals surface area contributed by atoms with E-state index in [0.29, 0.717) is 10.6 Å². The van der Waals surface area contributed by atoms with Crippen LogP contribution in [0.2, 0.25) is 0 Å². The lowest BCUT2D eigenvalue weighted by molar-refractivity contribution is -0.129. The van der Waals surface area contributed by atoms with Crippen LogP contribution >= 0.6 is 11.3 Å². The number of anilines is 1. The molecule has 0 bridgehead atoms. The van der Waals surface area contributed by atoms with Gasteiger partial charge in [-0.3, -0.25) is 4.79 Å². The number of hydrogen-bond acceptors (Lipinski definition) is 5. The van der Waals surface area contributed by atoms with E-state index in [4.69, 9.17) is 10.5 Å². The second-order valence-electron chi connectivity index (χ2n) is 3.80. The fraction of sp³-hybridized carbons (Fsp3) is 0.455. The zero-order valence-electron chi connectivity index (χ0n) is 10.1. The van der Waals surface area contributed by atoms with Gasteiger partial charge in [0.05, 0.1) is 6.42 Å². The van der Waals surface area contributed by atoms with E-state index in [0.717, 1.165) is 4.88 Å². The molecule has 0 spiro atoms. The first kappa shape index (κ1) is 13.5. The highest BCUT2D eigenvalue weighted by molar-refractivity contribution is 7.14. The minimum absolute atomic E-state index is 0.0697. The quantitative estimate of drug-likeness (QED) is 0.823. The van der Waals surface area contributed by atoms with Crippen LogP contribution in [-0.4, -0.2) is 37.5 Å². The minimum Gasteiger partial charge on any atom is -0.461 e. The molecule has 0 radical (unpaired) electrons. The Bertz CT molecular complexity index is 407. The summed E-state index contributed by atoms with van der Waals surface area (Å²) in [6.45, 7) is 1.93. The summed E-state index contributed by atoms with van der Waals surface area (Å²) in [6, 6.07) is 1.59. The molecule has 0 fully saturated rings. The number of amides is 1. The Morgan fingerprint density at radius 1 is 1.47 bits per heavy atom. The molecular weight excluding hydrogens is 240 g/mol. The van der Waals surface area contributed by atoms with Crippen molar-refractivity contribution in [3.63, 3.8) is 0 Å². The number of nitrogens with two attached hydrogens (primary N) is 1. The molecule has 1 aromatic rings. The summed E-state index contributed by atoms with van der Waals surface area (Å²) in [6.07, 6.45) is 0.193. The minimum atomic E-state index is -0.429. The molecule has 0 aliphatic carbocycles. The lowest BCUT2D eigenvalue weighted by Gasteiger charge is -2.09. The molecule has 0 saturated heterocycles. The summed E-state index contributed by atoms with van der Waals surface area (Å²) in [5.74, 6) is -0.499. The molecular formula is C11H16N2O3S. The van der Waals surface area contributed by atoms with Crippen LogP contribution in [-0.2, 0) is 9.53 Å². The van der Waals surface area contributed by atoms with Gasteiger partial charge in [-0.25, -0.2) is 4.79 Å². The van der Waals surface area contributed by atoms with E-state index in [1.807, 2.05) is 6.92 Å². The highest BCUT2D eigenvalue weighted by atomic mass is 32.1.